The summed E-state index contributed by atoms with van der Waals surface area (Å²) in [5.74, 6) is 1.80. The van der Waals surface area contributed by atoms with Crippen LogP contribution in [0.3, 0.4) is 0 Å². The zero-order valence-corrected chi connectivity index (χ0v) is 15.3. The first-order chi connectivity index (χ1) is 13.6. The van der Waals surface area contributed by atoms with Gasteiger partial charge in [0.15, 0.2) is 11.5 Å². The molecule has 140 valence electrons. The highest BCUT2D eigenvalue weighted by Gasteiger charge is 2.33. The molecule has 0 radical (unpaired) electrons. The average molecular weight is 375 g/mol. The van der Waals surface area contributed by atoms with Gasteiger partial charge in [-0.3, -0.25) is 4.79 Å². The van der Waals surface area contributed by atoms with Crippen LogP contribution in [0.2, 0.25) is 0 Å². The van der Waals surface area contributed by atoms with Crippen LogP contribution < -0.4 is 10.1 Å². The Bertz CT molecular complexity index is 1210. The third-order valence-electron chi connectivity index (χ3n) is 4.96. The first-order valence-corrected chi connectivity index (χ1v) is 8.85. The summed E-state index contributed by atoms with van der Waals surface area (Å²) >= 11 is 0. The number of aryl methyl sites for hydroxylation is 1. The van der Waals surface area contributed by atoms with Gasteiger partial charge in [-0.25, -0.2) is 0 Å². The van der Waals surface area contributed by atoms with Gasteiger partial charge in [-0.05, 0) is 36.8 Å². The molecule has 5 rings (SSSR count). The second-order valence-corrected chi connectivity index (χ2v) is 6.67. The summed E-state index contributed by atoms with van der Waals surface area (Å²) in [6.07, 6.45) is 1.88. The molecule has 1 amide bonds. The normalized spacial score (nSPS) is 16.1. The zero-order valence-electron chi connectivity index (χ0n) is 15.3. The first-order valence-electron chi connectivity index (χ1n) is 8.85. The van der Waals surface area contributed by atoms with Crippen molar-refractivity contribution in [1.82, 2.24) is 29.6 Å². The van der Waals surface area contributed by atoms with E-state index in [1.54, 1.807) is 22.4 Å². The quantitative estimate of drug-likeness (QED) is 0.589. The minimum absolute atomic E-state index is 0.0631. The van der Waals surface area contributed by atoms with Crippen molar-refractivity contribution in [2.75, 3.05) is 12.4 Å². The highest BCUT2D eigenvalue weighted by molar-refractivity contribution is 5.95. The summed E-state index contributed by atoms with van der Waals surface area (Å²) in [6, 6.07) is 11.4. The Kier molecular flexibility index (Phi) is 3.61. The van der Waals surface area contributed by atoms with E-state index in [9.17, 15) is 4.79 Å². The van der Waals surface area contributed by atoms with Crippen LogP contribution in [-0.2, 0) is 4.79 Å². The maximum atomic E-state index is 12.5. The molecule has 1 aliphatic heterocycles. The van der Waals surface area contributed by atoms with E-state index in [0.29, 0.717) is 23.7 Å². The molecule has 4 heterocycles. The number of methoxy groups -OCH3 is 1. The fraction of sp³-hybridized carbons (Fsp3) is 0.211. The lowest BCUT2D eigenvalue weighted by Gasteiger charge is -2.24. The Morgan fingerprint density at radius 3 is 2.96 bits per heavy atom. The minimum Gasteiger partial charge on any atom is -0.497 e. The van der Waals surface area contributed by atoms with Gasteiger partial charge in [0.1, 0.15) is 17.9 Å². The third kappa shape index (κ3) is 2.51. The number of hydrogen-bond acceptors (Lipinski definition) is 6. The van der Waals surface area contributed by atoms with Gasteiger partial charge in [-0.2, -0.15) is 14.3 Å². The Hall–Kier alpha value is -3.75. The lowest BCUT2D eigenvalue weighted by molar-refractivity contribution is -0.116. The number of aromatic nitrogens is 6. The summed E-state index contributed by atoms with van der Waals surface area (Å²) in [7, 11) is 1.63. The van der Waals surface area contributed by atoms with Crippen LogP contribution >= 0.6 is 0 Å². The number of nitrogens with zero attached hydrogens (tertiary/aromatic N) is 6. The standard InChI is InChI=1S/C19H17N7O2/c1-11-18-14(12-4-3-5-13(8-12)28-2)9-17(27)21-19(18)26(23-11)16-7-6-15-22-20-10-25(15)24-16/h3-8,10,14H,9H2,1-2H3,(H,21,27). The Morgan fingerprint density at radius 2 is 2.11 bits per heavy atom. The minimum atomic E-state index is -0.105. The highest BCUT2D eigenvalue weighted by atomic mass is 16.5. The summed E-state index contributed by atoms with van der Waals surface area (Å²) in [5.41, 5.74) is 3.48. The molecule has 1 atom stereocenters. The molecule has 1 N–H and O–H groups in total. The molecule has 0 saturated carbocycles. The number of carbonyl (C=O) groups is 1. The van der Waals surface area contributed by atoms with Crippen LogP contribution in [0.1, 0.15) is 29.2 Å². The number of anilines is 1. The van der Waals surface area contributed by atoms with Gasteiger partial charge < -0.3 is 10.1 Å². The molecule has 28 heavy (non-hydrogen) atoms. The van der Waals surface area contributed by atoms with E-state index in [1.165, 1.54) is 6.33 Å². The SMILES string of the molecule is COc1cccc(C2CC(=O)Nc3c2c(C)nn3-c2ccc3nncn3n2)c1. The van der Waals surface area contributed by atoms with Gasteiger partial charge in [-0.1, -0.05) is 12.1 Å². The van der Waals surface area contributed by atoms with Crippen molar-refractivity contribution in [2.45, 2.75) is 19.3 Å². The lowest BCUT2D eigenvalue weighted by atomic mass is 9.86. The maximum Gasteiger partial charge on any atom is 0.226 e. The first kappa shape index (κ1) is 16.4. The summed E-state index contributed by atoms with van der Waals surface area (Å²) in [6.45, 7) is 1.94. The number of hydrogen-bond donors (Lipinski definition) is 1. The van der Waals surface area contributed by atoms with E-state index in [-0.39, 0.29) is 11.8 Å². The fourth-order valence-electron chi connectivity index (χ4n) is 3.69. The molecule has 0 bridgehead atoms. The van der Waals surface area contributed by atoms with Crippen LogP contribution in [-0.4, -0.2) is 42.6 Å². The second-order valence-electron chi connectivity index (χ2n) is 6.67. The molecular formula is C19H17N7O2. The number of nitrogens with one attached hydrogen (secondary N) is 1. The summed E-state index contributed by atoms with van der Waals surface area (Å²) in [5, 5.41) is 19.9. The van der Waals surface area contributed by atoms with Crippen molar-refractivity contribution in [3.8, 4) is 11.6 Å². The van der Waals surface area contributed by atoms with Gasteiger partial charge in [0.2, 0.25) is 5.91 Å². The van der Waals surface area contributed by atoms with Gasteiger partial charge in [0.25, 0.3) is 0 Å². The van der Waals surface area contributed by atoms with E-state index in [1.807, 2.05) is 37.3 Å². The Balaban J connectivity index is 1.66. The number of fused-ring (bicyclic) bond motifs is 2. The Labute approximate surface area is 160 Å². The molecular weight excluding hydrogens is 358 g/mol. The lowest BCUT2D eigenvalue weighted by Crippen LogP contribution is -2.25. The molecule has 0 fully saturated rings. The molecule has 1 aliphatic rings. The van der Waals surface area contributed by atoms with E-state index >= 15 is 0 Å². The highest BCUT2D eigenvalue weighted by Crippen LogP contribution is 2.40. The smallest absolute Gasteiger partial charge is 0.226 e. The zero-order chi connectivity index (χ0) is 19.3. The Morgan fingerprint density at radius 1 is 1.21 bits per heavy atom. The number of amides is 1. The van der Waals surface area contributed by atoms with Crippen molar-refractivity contribution in [1.29, 1.82) is 0 Å². The van der Waals surface area contributed by atoms with Crippen molar-refractivity contribution >= 4 is 17.4 Å². The van der Waals surface area contributed by atoms with Gasteiger partial charge in [-0.15, -0.1) is 15.3 Å². The van der Waals surface area contributed by atoms with Gasteiger partial charge in [0.05, 0.1) is 12.8 Å². The monoisotopic (exact) mass is 375 g/mol. The number of benzene rings is 1. The number of rotatable bonds is 3. The molecule has 0 aliphatic carbocycles. The fourth-order valence-corrected chi connectivity index (χ4v) is 3.69. The summed E-state index contributed by atoms with van der Waals surface area (Å²) < 4.78 is 8.59. The predicted octanol–water partition coefficient (Wildman–Crippen LogP) is 2.10. The molecule has 1 aromatic carbocycles. The molecule has 3 aromatic heterocycles. The molecule has 1 unspecified atom stereocenters. The van der Waals surface area contributed by atoms with Crippen LogP contribution in [0, 0.1) is 6.92 Å². The molecule has 9 nitrogen and oxygen atoms in total. The van der Waals surface area contributed by atoms with Crippen molar-refractivity contribution in [2.24, 2.45) is 0 Å². The van der Waals surface area contributed by atoms with E-state index in [0.717, 1.165) is 22.6 Å². The van der Waals surface area contributed by atoms with Crippen molar-refractivity contribution in [3.63, 3.8) is 0 Å². The van der Waals surface area contributed by atoms with Gasteiger partial charge in [0, 0.05) is 17.9 Å². The third-order valence-corrected chi connectivity index (χ3v) is 4.96. The second kappa shape index (κ2) is 6.15. The largest absolute Gasteiger partial charge is 0.497 e. The van der Waals surface area contributed by atoms with E-state index < -0.39 is 0 Å². The maximum absolute atomic E-state index is 12.5. The van der Waals surface area contributed by atoms with E-state index in [2.05, 4.69) is 25.7 Å². The molecule has 4 aromatic rings. The van der Waals surface area contributed by atoms with Crippen LogP contribution in [0.4, 0.5) is 5.82 Å². The average Bonchev–Trinajstić information content (AvgIpc) is 3.31. The summed E-state index contributed by atoms with van der Waals surface area (Å²) in [4.78, 5) is 12.5. The number of carbonyl (C=O) groups excluding carboxylic acids is 1. The predicted molar refractivity (Wildman–Crippen MR) is 101 cm³/mol. The van der Waals surface area contributed by atoms with E-state index in [4.69, 9.17) is 4.74 Å². The van der Waals surface area contributed by atoms with Crippen LogP contribution in [0.15, 0.2) is 42.7 Å². The number of ether oxygens (including phenoxy) is 1. The van der Waals surface area contributed by atoms with Crippen LogP contribution in [0.25, 0.3) is 11.5 Å². The van der Waals surface area contributed by atoms with Crippen molar-refractivity contribution in [3.05, 3.63) is 59.5 Å². The van der Waals surface area contributed by atoms with Crippen LogP contribution in [0.5, 0.6) is 5.75 Å². The molecule has 0 saturated heterocycles. The van der Waals surface area contributed by atoms with Gasteiger partial charge >= 0.3 is 0 Å². The van der Waals surface area contributed by atoms with Crippen molar-refractivity contribution < 1.29 is 9.53 Å². The molecule has 0 spiro atoms. The molecule has 9 heteroatoms. The topological polar surface area (TPSA) is 99.2 Å².